The highest BCUT2D eigenvalue weighted by Crippen LogP contribution is 2.21. The fraction of sp³-hybridized carbons (Fsp3) is 0.0909. The van der Waals surface area contributed by atoms with Gasteiger partial charge in [0.1, 0.15) is 0 Å². The minimum absolute atomic E-state index is 0.00374. The first-order valence-corrected chi connectivity index (χ1v) is 5.51. The summed E-state index contributed by atoms with van der Waals surface area (Å²) in [5.74, 6) is 0.532. The van der Waals surface area contributed by atoms with Gasteiger partial charge in [-0.1, -0.05) is 15.9 Å². The predicted molar refractivity (Wildman–Crippen MR) is 65.4 cm³/mol. The van der Waals surface area contributed by atoms with Crippen molar-refractivity contribution in [1.29, 1.82) is 0 Å². The summed E-state index contributed by atoms with van der Waals surface area (Å²) in [7, 11) is 0. The van der Waals surface area contributed by atoms with Gasteiger partial charge in [-0.3, -0.25) is 0 Å². The van der Waals surface area contributed by atoms with E-state index in [1.54, 1.807) is 18.5 Å². The molecule has 0 atom stereocenters. The fourth-order valence-electron chi connectivity index (χ4n) is 1.31. The molecule has 0 saturated carbocycles. The molecule has 1 aromatic carbocycles. The number of rotatable bonds is 3. The molecule has 0 amide bonds. The molecule has 0 saturated heterocycles. The lowest BCUT2D eigenvalue weighted by atomic mass is 10.2. The maximum absolute atomic E-state index is 9.07. The number of nitrogens with zero attached hydrogens (tertiary/aromatic N) is 2. The lowest BCUT2D eigenvalue weighted by Gasteiger charge is -2.06. The largest absolute Gasteiger partial charge is 0.392 e. The number of aliphatic hydroxyl groups is 1. The first kappa shape index (κ1) is 11.0. The number of benzene rings is 1. The van der Waals surface area contributed by atoms with Gasteiger partial charge in [-0.15, -0.1) is 0 Å². The van der Waals surface area contributed by atoms with Crippen molar-refractivity contribution >= 4 is 27.6 Å². The maximum atomic E-state index is 9.07. The second kappa shape index (κ2) is 5.05. The summed E-state index contributed by atoms with van der Waals surface area (Å²) in [6.07, 6.45) is 3.33. The SMILES string of the molecule is OCc1cc(Br)cc(Nc2ncccn2)c1. The van der Waals surface area contributed by atoms with Crippen LogP contribution in [0.1, 0.15) is 5.56 Å². The number of halogens is 1. The first-order valence-electron chi connectivity index (χ1n) is 4.72. The average Bonchev–Trinajstić information content (AvgIpc) is 2.29. The van der Waals surface area contributed by atoms with Gasteiger partial charge in [0.25, 0.3) is 0 Å². The lowest BCUT2D eigenvalue weighted by molar-refractivity contribution is 0.282. The number of hydrogen-bond acceptors (Lipinski definition) is 4. The topological polar surface area (TPSA) is 58.0 Å². The van der Waals surface area contributed by atoms with Crippen LogP contribution in [-0.2, 0) is 6.61 Å². The van der Waals surface area contributed by atoms with Gasteiger partial charge < -0.3 is 10.4 Å². The number of aromatic nitrogens is 2. The number of nitrogens with one attached hydrogen (secondary N) is 1. The molecule has 0 aliphatic heterocycles. The third-order valence-electron chi connectivity index (χ3n) is 1.96. The van der Waals surface area contributed by atoms with Crippen LogP contribution in [0.25, 0.3) is 0 Å². The Bertz CT molecular complexity index is 476. The normalized spacial score (nSPS) is 10.1. The Hall–Kier alpha value is -1.46. The van der Waals surface area contributed by atoms with E-state index < -0.39 is 0 Å². The van der Waals surface area contributed by atoms with E-state index in [-0.39, 0.29) is 6.61 Å². The van der Waals surface area contributed by atoms with E-state index in [9.17, 15) is 0 Å². The van der Waals surface area contributed by atoms with Crippen molar-refractivity contribution in [3.05, 3.63) is 46.7 Å². The molecule has 0 spiro atoms. The van der Waals surface area contributed by atoms with Crippen LogP contribution >= 0.6 is 15.9 Å². The van der Waals surface area contributed by atoms with Gasteiger partial charge in [0.15, 0.2) is 0 Å². The van der Waals surface area contributed by atoms with Crippen molar-refractivity contribution in [3.8, 4) is 0 Å². The van der Waals surface area contributed by atoms with Crippen molar-refractivity contribution < 1.29 is 5.11 Å². The zero-order valence-electron chi connectivity index (χ0n) is 8.39. The van der Waals surface area contributed by atoms with Crippen LogP contribution in [0.2, 0.25) is 0 Å². The molecule has 0 aliphatic carbocycles. The van der Waals surface area contributed by atoms with Crippen LogP contribution in [0.15, 0.2) is 41.1 Å². The Labute approximate surface area is 102 Å². The van der Waals surface area contributed by atoms with Crippen LogP contribution < -0.4 is 5.32 Å². The molecule has 0 radical (unpaired) electrons. The van der Waals surface area contributed by atoms with Crippen LogP contribution in [0.5, 0.6) is 0 Å². The van der Waals surface area contributed by atoms with Gasteiger partial charge in [-0.05, 0) is 29.8 Å². The summed E-state index contributed by atoms with van der Waals surface area (Å²) < 4.78 is 0.900. The Morgan fingerprint density at radius 2 is 1.94 bits per heavy atom. The molecule has 16 heavy (non-hydrogen) atoms. The van der Waals surface area contributed by atoms with E-state index in [1.165, 1.54) is 0 Å². The molecule has 5 heteroatoms. The summed E-state index contributed by atoms with van der Waals surface area (Å²) in [6, 6.07) is 7.36. The molecule has 82 valence electrons. The zero-order valence-corrected chi connectivity index (χ0v) is 9.98. The average molecular weight is 280 g/mol. The Morgan fingerprint density at radius 3 is 2.62 bits per heavy atom. The Morgan fingerprint density at radius 1 is 1.19 bits per heavy atom. The molecular weight excluding hydrogens is 270 g/mol. The molecule has 1 aromatic heterocycles. The quantitative estimate of drug-likeness (QED) is 0.906. The van der Waals surface area contributed by atoms with Crippen molar-refractivity contribution in [2.45, 2.75) is 6.61 Å². The summed E-state index contributed by atoms with van der Waals surface area (Å²) in [5, 5.41) is 12.1. The molecule has 1 heterocycles. The van der Waals surface area contributed by atoms with Crippen molar-refractivity contribution in [1.82, 2.24) is 9.97 Å². The second-order valence-corrected chi connectivity index (χ2v) is 4.12. The smallest absolute Gasteiger partial charge is 0.227 e. The third-order valence-corrected chi connectivity index (χ3v) is 2.42. The summed E-state index contributed by atoms with van der Waals surface area (Å²) >= 11 is 3.38. The van der Waals surface area contributed by atoms with Crippen molar-refractivity contribution in [2.75, 3.05) is 5.32 Å². The molecule has 0 bridgehead atoms. The van der Waals surface area contributed by atoms with Gasteiger partial charge in [0.2, 0.25) is 5.95 Å². The van der Waals surface area contributed by atoms with Gasteiger partial charge in [-0.2, -0.15) is 0 Å². The molecule has 4 nitrogen and oxygen atoms in total. The minimum Gasteiger partial charge on any atom is -0.392 e. The van der Waals surface area contributed by atoms with E-state index in [0.29, 0.717) is 5.95 Å². The summed E-state index contributed by atoms with van der Waals surface area (Å²) in [6.45, 7) is 0.00374. The molecule has 2 rings (SSSR count). The zero-order chi connectivity index (χ0) is 11.4. The molecular formula is C11H10BrN3O. The predicted octanol–water partition coefficient (Wildman–Crippen LogP) is 2.47. The first-order chi connectivity index (χ1) is 7.78. The van der Waals surface area contributed by atoms with E-state index >= 15 is 0 Å². The maximum Gasteiger partial charge on any atom is 0.227 e. The number of hydrogen-bond donors (Lipinski definition) is 2. The third kappa shape index (κ3) is 2.77. The highest BCUT2D eigenvalue weighted by molar-refractivity contribution is 9.10. The second-order valence-electron chi connectivity index (χ2n) is 3.20. The number of anilines is 2. The van der Waals surface area contributed by atoms with E-state index in [4.69, 9.17) is 5.11 Å². The fourth-order valence-corrected chi connectivity index (χ4v) is 1.85. The highest BCUT2D eigenvalue weighted by Gasteiger charge is 2.00. The van der Waals surface area contributed by atoms with Gasteiger partial charge in [-0.25, -0.2) is 9.97 Å². The molecule has 0 unspecified atom stereocenters. The van der Waals surface area contributed by atoms with Crippen LogP contribution in [0, 0.1) is 0 Å². The van der Waals surface area contributed by atoms with E-state index in [1.807, 2.05) is 18.2 Å². The summed E-state index contributed by atoms with van der Waals surface area (Å²) in [5.41, 5.74) is 1.66. The van der Waals surface area contributed by atoms with Crippen molar-refractivity contribution in [2.24, 2.45) is 0 Å². The number of aliphatic hydroxyl groups excluding tert-OH is 1. The van der Waals surface area contributed by atoms with E-state index in [2.05, 4.69) is 31.2 Å². The standard InChI is InChI=1S/C11H10BrN3O/c12-9-4-8(7-16)5-10(6-9)15-11-13-2-1-3-14-11/h1-6,16H,7H2,(H,13,14,15). The van der Waals surface area contributed by atoms with Crippen LogP contribution in [0.3, 0.4) is 0 Å². The van der Waals surface area contributed by atoms with Gasteiger partial charge >= 0.3 is 0 Å². The van der Waals surface area contributed by atoms with Gasteiger partial charge in [0, 0.05) is 22.6 Å². The van der Waals surface area contributed by atoms with Crippen LogP contribution in [-0.4, -0.2) is 15.1 Å². The van der Waals surface area contributed by atoms with Crippen LogP contribution in [0.4, 0.5) is 11.6 Å². The van der Waals surface area contributed by atoms with Crippen molar-refractivity contribution in [3.63, 3.8) is 0 Å². The minimum atomic E-state index is 0.00374. The Balaban J connectivity index is 2.24. The molecule has 2 aromatic rings. The highest BCUT2D eigenvalue weighted by atomic mass is 79.9. The molecule has 0 fully saturated rings. The Kier molecular flexibility index (Phi) is 3.48. The van der Waals surface area contributed by atoms with Gasteiger partial charge in [0.05, 0.1) is 6.61 Å². The molecule has 0 aliphatic rings. The summed E-state index contributed by atoms with van der Waals surface area (Å²) in [4.78, 5) is 8.12. The lowest BCUT2D eigenvalue weighted by Crippen LogP contribution is -1.96. The molecule has 2 N–H and O–H groups in total. The monoisotopic (exact) mass is 279 g/mol. The van der Waals surface area contributed by atoms with E-state index in [0.717, 1.165) is 15.7 Å².